The number of aryl methyl sites for hydroxylation is 1. The third kappa shape index (κ3) is 2.61. The summed E-state index contributed by atoms with van der Waals surface area (Å²) >= 11 is 0. The van der Waals surface area contributed by atoms with Crippen molar-refractivity contribution in [1.29, 1.82) is 0 Å². The molecule has 1 aliphatic heterocycles. The molecule has 1 heterocycles. The van der Waals surface area contributed by atoms with Crippen molar-refractivity contribution >= 4 is 15.4 Å². The van der Waals surface area contributed by atoms with E-state index in [4.69, 9.17) is 4.36 Å². The Hall–Kier alpha value is -1.61. The van der Waals surface area contributed by atoms with E-state index in [-0.39, 0.29) is 10.8 Å². The summed E-state index contributed by atoms with van der Waals surface area (Å²) in [5, 5.41) is 0. The maximum Gasteiger partial charge on any atom is 0.0809 e. The first kappa shape index (κ1) is 16.3. The van der Waals surface area contributed by atoms with Crippen molar-refractivity contribution in [2.75, 3.05) is 5.75 Å². The van der Waals surface area contributed by atoms with E-state index in [9.17, 15) is 4.21 Å². The van der Waals surface area contributed by atoms with Crippen LogP contribution in [0.3, 0.4) is 0 Å². The number of fused-ring (bicyclic) bond motifs is 1. The van der Waals surface area contributed by atoms with Gasteiger partial charge in [0.25, 0.3) is 0 Å². The van der Waals surface area contributed by atoms with Gasteiger partial charge >= 0.3 is 0 Å². The van der Waals surface area contributed by atoms with Crippen LogP contribution in [-0.4, -0.2) is 9.96 Å². The number of hydrogen-bond donors (Lipinski definition) is 0. The highest BCUT2D eigenvalue weighted by Crippen LogP contribution is 2.50. The van der Waals surface area contributed by atoms with E-state index in [1.165, 1.54) is 11.1 Å². The Labute approximate surface area is 140 Å². The minimum absolute atomic E-state index is 0.00754. The molecular formula is C20H25NOS. The molecule has 2 aromatic rings. The molecule has 0 saturated carbocycles. The van der Waals surface area contributed by atoms with E-state index in [0.717, 1.165) is 10.6 Å². The molecule has 3 rings (SSSR count). The number of rotatable bonds is 1. The van der Waals surface area contributed by atoms with Crippen molar-refractivity contribution in [3.63, 3.8) is 0 Å². The summed E-state index contributed by atoms with van der Waals surface area (Å²) in [6.07, 6.45) is 0. The van der Waals surface area contributed by atoms with Gasteiger partial charge in [0.2, 0.25) is 0 Å². The molecule has 2 nitrogen and oxygen atoms in total. The molecule has 1 unspecified atom stereocenters. The Morgan fingerprint density at radius 3 is 2.26 bits per heavy atom. The number of nitrogens with zero attached hydrogens (tertiary/aromatic N) is 1. The van der Waals surface area contributed by atoms with Crippen molar-refractivity contribution in [2.24, 2.45) is 9.78 Å². The van der Waals surface area contributed by atoms with Gasteiger partial charge in [-0.2, -0.15) is 4.36 Å². The van der Waals surface area contributed by atoms with Crippen LogP contribution in [-0.2, 0) is 15.1 Å². The normalized spacial score (nSPS) is 27.2. The largest absolute Gasteiger partial charge is 0.244 e. The fourth-order valence-electron chi connectivity index (χ4n) is 3.19. The molecule has 0 saturated heterocycles. The van der Waals surface area contributed by atoms with E-state index in [2.05, 4.69) is 39.8 Å². The molecule has 2 atom stereocenters. The van der Waals surface area contributed by atoms with Crippen molar-refractivity contribution in [3.8, 4) is 0 Å². The molecule has 23 heavy (non-hydrogen) atoms. The van der Waals surface area contributed by atoms with Crippen molar-refractivity contribution in [2.45, 2.75) is 44.9 Å². The Balaban J connectivity index is 2.28. The number of hydrogen-bond acceptors (Lipinski definition) is 2. The average molecular weight is 327 g/mol. The summed E-state index contributed by atoms with van der Waals surface area (Å²) in [6, 6.07) is 16.1. The maximum atomic E-state index is 13.8. The lowest BCUT2D eigenvalue weighted by atomic mass is 9.64. The van der Waals surface area contributed by atoms with Crippen molar-refractivity contribution in [3.05, 3.63) is 59.7 Å². The summed E-state index contributed by atoms with van der Waals surface area (Å²) < 4.78 is 18.5. The van der Waals surface area contributed by atoms with Gasteiger partial charge in [0.05, 0.1) is 15.4 Å². The maximum absolute atomic E-state index is 13.8. The predicted molar refractivity (Wildman–Crippen MR) is 97.8 cm³/mol. The van der Waals surface area contributed by atoms with Gasteiger partial charge < -0.3 is 0 Å². The molecule has 1 aliphatic rings. The molecule has 0 aliphatic carbocycles. The second-order valence-corrected chi connectivity index (χ2v) is 10.0. The highest BCUT2D eigenvalue weighted by molar-refractivity contribution is 7.93. The second kappa shape index (κ2) is 5.20. The molecule has 0 radical (unpaired) electrons. The molecular weight excluding hydrogens is 302 g/mol. The third-order valence-corrected chi connectivity index (χ3v) is 7.74. The Morgan fingerprint density at radius 2 is 1.65 bits per heavy atom. The lowest BCUT2D eigenvalue weighted by Gasteiger charge is -2.45. The van der Waals surface area contributed by atoms with Crippen LogP contribution in [0.25, 0.3) is 0 Å². The smallest absolute Gasteiger partial charge is 0.0809 e. The minimum Gasteiger partial charge on any atom is -0.244 e. The molecule has 0 N–H and O–H groups in total. The van der Waals surface area contributed by atoms with E-state index in [0.29, 0.717) is 5.75 Å². The first-order valence-corrected chi connectivity index (χ1v) is 9.75. The van der Waals surface area contributed by atoms with Crippen molar-refractivity contribution < 1.29 is 4.21 Å². The molecule has 0 aromatic heterocycles. The van der Waals surface area contributed by atoms with Crippen LogP contribution < -0.4 is 0 Å². The summed E-state index contributed by atoms with van der Waals surface area (Å²) in [6.45, 7) is 11.0. The average Bonchev–Trinajstić information content (AvgIpc) is 2.46. The Morgan fingerprint density at radius 1 is 1.04 bits per heavy atom. The van der Waals surface area contributed by atoms with Gasteiger partial charge in [-0.1, -0.05) is 63.6 Å². The molecule has 3 heteroatoms. The third-order valence-electron chi connectivity index (χ3n) is 5.27. The van der Waals surface area contributed by atoms with Crippen LogP contribution in [0.1, 0.15) is 38.8 Å². The zero-order valence-corrected chi connectivity index (χ0v) is 15.4. The lowest BCUT2D eigenvalue weighted by molar-refractivity contribution is 0.228. The minimum atomic E-state index is -2.46. The monoisotopic (exact) mass is 327 g/mol. The van der Waals surface area contributed by atoms with E-state index >= 15 is 0 Å². The molecule has 0 bridgehead atoms. The molecule has 0 amide bonds. The summed E-state index contributed by atoms with van der Waals surface area (Å²) in [5.41, 5.74) is 3.06. The summed E-state index contributed by atoms with van der Waals surface area (Å²) in [4.78, 5) is 0.841. The van der Waals surface area contributed by atoms with Gasteiger partial charge in [-0.15, -0.1) is 0 Å². The van der Waals surface area contributed by atoms with Crippen LogP contribution >= 0.6 is 0 Å². The van der Waals surface area contributed by atoms with Gasteiger partial charge in [0.1, 0.15) is 0 Å². The zero-order valence-electron chi connectivity index (χ0n) is 14.6. The molecule has 0 fully saturated rings. The van der Waals surface area contributed by atoms with E-state index in [1.54, 1.807) is 0 Å². The highest BCUT2D eigenvalue weighted by Gasteiger charge is 2.45. The predicted octanol–water partition coefficient (Wildman–Crippen LogP) is 5.47. The first-order valence-electron chi connectivity index (χ1n) is 8.07. The van der Waals surface area contributed by atoms with Gasteiger partial charge in [0.15, 0.2) is 0 Å². The van der Waals surface area contributed by atoms with E-state index < -0.39 is 9.73 Å². The molecule has 2 aromatic carbocycles. The van der Waals surface area contributed by atoms with Crippen LogP contribution in [0.2, 0.25) is 0 Å². The summed E-state index contributed by atoms with van der Waals surface area (Å²) in [5.74, 6) is 0.559. The van der Waals surface area contributed by atoms with Crippen LogP contribution in [0.5, 0.6) is 0 Å². The molecule has 0 spiro atoms. The van der Waals surface area contributed by atoms with Crippen LogP contribution in [0, 0.1) is 12.3 Å². The quantitative estimate of drug-likeness (QED) is 0.683. The van der Waals surface area contributed by atoms with Crippen molar-refractivity contribution in [1.82, 2.24) is 0 Å². The topological polar surface area (TPSA) is 29.4 Å². The summed E-state index contributed by atoms with van der Waals surface area (Å²) in [7, 11) is -2.46. The fraction of sp³-hybridized carbons (Fsp3) is 0.400. The Kier molecular flexibility index (Phi) is 3.68. The van der Waals surface area contributed by atoms with Crippen LogP contribution in [0.15, 0.2) is 57.8 Å². The van der Waals surface area contributed by atoms with E-state index in [1.807, 2.05) is 43.3 Å². The second-order valence-electron chi connectivity index (χ2n) is 7.79. The molecule has 122 valence electrons. The SMILES string of the molecule is Cc1ccc(S2(=O)=Nc3ccccc3[C@](C)(C(C)(C)C)C2)cc1. The lowest BCUT2D eigenvalue weighted by Crippen LogP contribution is -2.44. The first-order chi connectivity index (χ1) is 10.7. The van der Waals surface area contributed by atoms with Gasteiger partial charge in [-0.05, 0) is 36.1 Å². The standard InChI is InChI=1S/C20H25NOS/c1-15-10-12-16(13-11-15)23(22)14-20(5,19(2,3)4)17-8-6-7-9-18(17)21-23/h6-13H,14H2,1-5H3/t20-,23?/m1/s1. The van der Waals surface area contributed by atoms with Gasteiger partial charge in [0, 0.05) is 16.1 Å². The van der Waals surface area contributed by atoms with Crippen LogP contribution in [0.4, 0.5) is 5.69 Å². The highest BCUT2D eigenvalue weighted by atomic mass is 32.2. The number of benzene rings is 2. The fourth-order valence-corrected chi connectivity index (χ4v) is 5.93. The Bertz CT molecular complexity index is 852. The van der Waals surface area contributed by atoms with Gasteiger partial charge in [-0.25, -0.2) is 4.21 Å². The zero-order chi connectivity index (χ0) is 16.9. The van der Waals surface area contributed by atoms with Gasteiger partial charge in [-0.3, -0.25) is 0 Å².